The number of aromatic amines is 1. The zero-order valence-corrected chi connectivity index (χ0v) is 19.8. The van der Waals surface area contributed by atoms with Gasteiger partial charge in [-0.25, -0.2) is 0 Å². The molecule has 0 atom stereocenters. The molecule has 0 aliphatic carbocycles. The van der Waals surface area contributed by atoms with Gasteiger partial charge in [0.05, 0.1) is 18.7 Å². The van der Waals surface area contributed by atoms with E-state index in [1.807, 2.05) is 24.3 Å². The van der Waals surface area contributed by atoms with Gasteiger partial charge in [-0.05, 0) is 59.5 Å². The number of hydrogen-bond acceptors (Lipinski definition) is 4. The van der Waals surface area contributed by atoms with Crippen molar-refractivity contribution < 1.29 is 19.2 Å². The number of carbonyl (C=O) groups is 1. The summed E-state index contributed by atoms with van der Waals surface area (Å²) in [7, 11) is 0. The minimum Gasteiger partial charge on any atom is -0.493 e. The number of aromatic nitrogens is 2. The molecule has 4 rings (SSSR count). The van der Waals surface area contributed by atoms with Crippen molar-refractivity contribution in [3.05, 3.63) is 58.9 Å². The molecule has 0 unspecified atom stereocenters. The van der Waals surface area contributed by atoms with E-state index in [0.717, 1.165) is 75.8 Å². The van der Waals surface area contributed by atoms with E-state index in [1.54, 1.807) is 0 Å². The molecule has 33 heavy (non-hydrogen) atoms. The van der Waals surface area contributed by atoms with Crippen LogP contribution in [0.3, 0.4) is 0 Å². The summed E-state index contributed by atoms with van der Waals surface area (Å²) in [6.45, 7) is 9.29. The molecule has 0 aliphatic heterocycles. The van der Waals surface area contributed by atoms with Crippen molar-refractivity contribution in [2.75, 3.05) is 6.61 Å². The van der Waals surface area contributed by atoms with Gasteiger partial charge in [0.1, 0.15) is 5.75 Å². The molecule has 0 saturated carbocycles. The normalized spacial score (nSPS) is 12.0. The number of carboxylic acid groups (broad SMARTS) is 1. The molecule has 0 fully saturated rings. The third kappa shape index (κ3) is 5.38. The topological polar surface area (TPSA) is 88.4 Å². The van der Waals surface area contributed by atoms with Crippen molar-refractivity contribution in [3.8, 4) is 5.75 Å². The molecule has 2 aromatic carbocycles. The first-order chi connectivity index (χ1) is 15.7. The van der Waals surface area contributed by atoms with Crippen LogP contribution in [-0.2, 0) is 30.5 Å². The van der Waals surface area contributed by atoms with E-state index in [1.165, 1.54) is 0 Å². The molecular weight excluding hydrogens is 416 g/mol. The number of carboxylic acids is 1. The number of fused-ring (bicyclic) bond motifs is 2. The summed E-state index contributed by atoms with van der Waals surface area (Å²) < 4.78 is 12.0. The summed E-state index contributed by atoms with van der Waals surface area (Å²) in [5.41, 5.74) is 5.91. The average Bonchev–Trinajstić information content (AvgIpc) is 3.31. The Bertz CT molecular complexity index is 1280. The second-order valence-electron chi connectivity index (χ2n) is 9.92. The maximum atomic E-state index is 11.0. The summed E-state index contributed by atoms with van der Waals surface area (Å²) in [4.78, 5) is 14.4. The van der Waals surface area contributed by atoms with Crippen LogP contribution in [0.25, 0.3) is 21.9 Å². The van der Waals surface area contributed by atoms with Crippen LogP contribution < -0.4 is 4.74 Å². The van der Waals surface area contributed by atoms with Gasteiger partial charge in [0, 0.05) is 28.6 Å². The Hall–Kier alpha value is -3.28. The number of rotatable bonds is 9. The molecule has 0 radical (unpaired) electrons. The molecule has 2 aromatic heterocycles. The molecule has 0 saturated heterocycles. The molecule has 4 aromatic rings. The second kappa shape index (κ2) is 9.30. The highest BCUT2D eigenvalue weighted by Gasteiger charge is 2.20. The zero-order valence-electron chi connectivity index (χ0n) is 19.8. The van der Waals surface area contributed by atoms with Crippen LogP contribution in [0, 0.1) is 5.41 Å². The first-order valence-electron chi connectivity index (χ1n) is 11.6. The van der Waals surface area contributed by atoms with Gasteiger partial charge in [0.25, 0.3) is 0 Å². The molecule has 0 amide bonds. The lowest BCUT2D eigenvalue weighted by Gasteiger charge is -2.16. The Kier molecular flexibility index (Phi) is 6.45. The van der Waals surface area contributed by atoms with Gasteiger partial charge < -0.3 is 19.4 Å². The maximum Gasteiger partial charge on any atom is 0.307 e. The van der Waals surface area contributed by atoms with E-state index in [4.69, 9.17) is 14.4 Å². The molecular formula is C27H32N2O4. The highest BCUT2D eigenvalue weighted by atomic mass is 16.5. The van der Waals surface area contributed by atoms with E-state index in [0.29, 0.717) is 6.61 Å². The van der Waals surface area contributed by atoms with Crippen LogP contribution >= 0.6 is 0 Å². The monoisotopic (exact) mass is 448 g/mol. The van der Waals surface area contributed by atoms with Crippen molar-refractivity contribution in [1.82, 2.24) is 10.1 Å². The van der Waals surface area contributed by atoms with E-state index >= 15 is 0 Å². The van der Waals surface area contributed by atoms with Crippen LogP contribution in [0.1, 0.15) is 56.6 Å². The number of aryl methyl sites for hydroxylation is 1. The number of benzene rings is 2. The third-order valence-corrected chi connectivity index (χ3v) is 5.70. The number of hydrogen-bond donors (Lipinski definition) is 2. The Balaban J connectivity index is 1.49. The van der Waals surface area contributed by atoms with Gasteiger partial charge in [0.2, 0.25) is 0 Å². The maximum absolute atomic E-state index is 11.0. The van der Waals surface area contributed by atoms with E-state index in [9.17, 15) is 4.79 Å². The largest absolute Gasteiger partial charge is 0.493 e. The first kappa shape index (κ1) is 22.9. The fourth-order valence-electron chi connectivity index (χ4n) is 4.28. The van der Waals surface area contributed by atoms with Gasteiger partial charge >= 0.3 is 5.97 Å². The molecule has 6 heteroatoms. The number of ether oxygens (including phenoxy) is 1. The van der Waals surface area contributed by atoms with Crippen molar-refractivity contribution in [2.45, 2.75) is 59.8 Å². The fraction of sp³-hybridized carbons (Fsp3) is 0.407. The van der Waals surface area contributed by atoms with Crippen molar-refractivity contribution >= 4 is 27.8 Å². The summed E-state index contributed by atoms with van der Waals surface area (Å²) >= 11 is 0. The second-order valence-corrected chi connectivity index (χ2v) is 9.92. The van der Waals surface area contributed by atoms with Crippen LogP contribution in [0.2, 0.25) is 0 Å². The van der Waals surface area contributed by atoms with E-state index in [2.05, 4.69) is 50.0 Å². The Morgan fingerprint density at radius 2 is 1.97 bits per heavy atom. The van der Waals surface area contributed by atoms with Gasteiger partial charge in [-0.3, -0.25) is 4.79 Å². The van der Waals surface area contributed by atoms with Crippen LogP contribution in [0.5, 0.6) is 5.75 Å². The summed E-state index contributed by atoms with van der Waals surface area (Å²) in [6, 6.07) is 11.9. The molecule has 0 spiro atoms. The van der Waals surface area contributed by atoms with Gasteiger partial charge in [-0.15, -0.1) is 0 Å². The summed E-state index contributed by atoms with van der Waals surface area (Å²) in [5.74, 6) is 0.0262. The molecule has 6 nitrogen and oxygen atoms in total. The number of nitrogens with zero attached hydrogens (tertiary/aromatic N) is 1. The predicted octanol–water partition coefficient (Wildman–Crippen LogP) is 6.10. The number of aliphatic carboxylic acids is 1. The van der Waals surface area contributed by atoms with E-state index < -0.39 is 5.97 Å². The molecule has 174 valence electrons. The minimum absolute atomic E-state index is 0.0291. The van der Waals surface area contributed by atoms with Crippen LogP contribution in [0.15, 0.2) is 40.9 Å². The minimum atomic E-state index is -0.823. The highest BCUT2D eigenvalue weighted by molar-refractivity contribution is 5.85. The lowest BCUT2D eigenvalue weighted by atomic mass is 9.89. The van der Waals surface area contributed by atoms with Crippen molar-refractivity contribution in [3.63, 3.8) is 0 Å². The smallest absolute Gasteiger partial charge is 0.307 e. The van der Waals surface area contributed by atoms with Crippen LogP contribution in [0.4, 0.5) is 0 Å². The Morgan fingerprint density at radius 3 is 2.70 bits per heavy atom. The lowest BCUT2D eigenvalue weighted by Crippen LogP contribution is -2.09. The molecule has 2 N–H and O–H groups in total. The molecule has 2 heterocycles. The predicted molar refractivity (Wildman–Crippen MR) is 130 cm³/mol. The first-order valence-corrected chi connectivity index (χ1v) is 11.6. The van der Waals surface area contributed by atoms with Gasteiger partial charge in [-0.1, -0.05) is 45.3 Å². The number of nitrogens with one attached hydrogen (secondary N) is 1. The molecule has 0 bridgehead atoms. The standard InChI is InChI=1S/C27H32N2O4/c1-5-6-21-24(10-8-20-23(16-27(2,3)4)29-33-26(20)21)32-12-11-19-15-18-13-17(14-25(30)31)7-9-22(18)28-19/h7-10,13,15,28H,5-6,11-12,14,16H2,1-4H3,(H,30,31). The summed E-state index contributed by atoms with van der Waals surface area (Å²) in [5, 5.41) is 15.5. The van der Waals surface area contributed by atoms with Gasteiger partial charge in [0.15, 0.2) is 5.58 Å². The van der Waals surface area contributed by atoms with E-state index in [-0.39, 0.29) is 11.8 Å². The lowest BCUT2D eigenvalue weighted by molar-refractivity contribution is -0.136. The average molecular weight is 449 g/mol. The van der Waals surface area contributed by atoms with Gasteiger partial charge in [-0.2, -0.15) is 0 Å². The Labute approximate surface area is 193 Å². The van der Waals surface area contributed by atoms with Crippen molar-refractivity contribution in [2.24, 2.45) is 5.41 Å². The van der Waals surface area contributed by atoms with Crippen LogP contribution in [-0.4, -0.2) is 27.8 Å². The third-order valence-electron chi connectivity index (χ3n) is 5.70. The fourth-order valence-corrected chi connectivity index (χ4v) is 4.28. The quantitative estimate of drug-likeness (QED) is 0.323. The highest BCUT2D eigenvalue weighted by Crippen LogP contribution is 2.33. The van der Waals surface area contributed by atoms with Crippen molar-refractivity contribution in [1.29, 1.82) is 0 Å². The number of H-pyrrole nitrogens is 1. The SMILES string of the molecule is CCCc1c(OCCc2cc3cc(CC(=O)O)ccc3[nH]2)ccc2c(CC(C)(C)C)noc12. The zero-order chi connectivity index (χ0) is 23.6. The Morgan fingerprint density at radius 1 is 1.15 bits per heavy atom. The summed E-state index contributed by atoms with van der Waals surface area (Å²) in [6.07, 6.45) is 3.47. The molecule has 0 aliphatic rings.